The molecule has 1 N–H and O–H groups in total. The van der Waals surface area contributed by atoms with Gasteiger partial charge in [-0.15, -0.1) is 0 Å². The predicted octanol–water partition coefficient (Wildman–Crippen LogP) is 8.89. The molecule has 1 aromatic carbocycles. The van der Waals surface area contributed by atoms with E-state index < -0.39 is 17.7 Å². The Morgan fingerprint density at radius 2 is 1.86 bits per heavy atom. The maximum absolute atomic E-state index is 13.3. The molecule has 0 bridgehead atoms. The number of benzene rings is 1. The number of carboxylic acids is 1. The molecule has 4 rings (SSSR count). The van der Waals surface area contributed by atoms with Crippen LogP contribution in [0.15, 0.2) is 53.8 Å². The molecule has 2 aliphatic rings. The van der Waals surface area contributed by atoms with E-state index in [9.17, 15) is 23.1 Å². The van der Waals surface area contributed by atoms with Crippen molar-refractivity contribution in [3.63, 3.8) is 0 Å². The van der Waals surface area contributed by atoms with Crippen molar-refractivity contribution < 1.29 is 23.1 Å². The van der Waals surface area contributed by atoms with Crippen molar-refractivity contribution in [3.8, 4) is 11.1 Å². The summed E-state index contributed by atoms with van der Waals surface area (Å²) in [5.74, 6) is -0.712. The first-order chi connectivity index (χ1) is 17.1. The minimum Gasteiger partial charge on any atom is -0.481 e. The molecule has 1 unspecified atom stereocenters. The summed E-state index contributed by atoms with van der Waals surface area (Å²) < 4.78 is 42.0. The zero-order chi connectivity index (χ0) is 26.0. The predicted molar refractivity (Wildman–Crippen MR) is 137 cm³/mol. The maximum atomic E-state index is 13.3. The Labute approximate surface area is 215 Å². The number of alkyl halides is 3. The van der Waals surface area contributed by atoms with E-state index in [1.807, 2.05) is 24.3 Å². The van der Waals surface area contributed by atoms with Crippen LogP contribution in [0.3, 0.4) is 0 Å². The third kappa shape index (κ3) is 5.44. The van der Waals surface area contributed by atoms with Gasteiger partial charge in [0.25, 0.3) is 0 Å². The maximum Gasteiger partial charge on any atom is 0.412 e. The summed E-state index contributed by atoms with van der Waals surface area (Å²) in [6.45, 7) is 4.18. The van der Waals surface area contributed by atoms with Crippen LogP contribution in [0.1, 0.15) is 82.0 Å². The van der Waals surface area contributed by atoms with Gasteiger partial charge in [-0.2, -0.15) is 13.2 Å². The van der Waals surface area contributed by atoms with Crippen LogP contribution in [0.25, 0.3) is 11.1 Å². The Balaban J connectivity index is 1.89. The highest BCUT2D eigenvalue weighted by Gasteiger charge is 2.38. The molecule has 0 radical (unpaired) electrons. The van der Waals surface area contributed by atoms with Crippen molar-refractivity contribution >= 4 is 17.6 Å². The van der Waals surface area contributed by atoms with Crippen molar-refractivity contribution in [1.82, 2.24) is 4.57 Å². The van der Waals surface area contributed by atoms with Gasteiger partial charge < -0.3 is 9.67 Å². The van der Waals surface area contributed by atoms with E-state index >= 15 is 0 Å². The van der Waals surface area contributed by atoms with Crippen LogP contribution < -0.4 is 0 Å². The van der Waals surface area contributed by atoms with Crippen molar-refractivity contribution in [2.45, 2.75) is 83.4 Å². The average molecular weight is 520 g/mol. The van der Waals surface area contributed by atoms with Crippen molar-refractivity contribution in [2.75, 3.05) is 0 Å². The number of nitrogens with zero attached hydrogens (tertiary/aromatic N) is 1. The molecule has 1 aromatic heterocycles. The largest absolute Gasteiger partial charge is 0.481 e. The van der Waals surface area contributed by atoms with Gasteiger partial charge in [0, 0.05) is 34.0 Å². The lowest BCUT2D eigenvalue weighted by atomic mass is 9.74. The normalized spacial score (nSPS) is 20.9. The third-order valence-corrected chi connectivity index (χ3v) is 8.06. The number of aromatic nitrogens is 1. The second kappa shape index (κ2) is 10.9. The first-order valence-electron chi connectivity index (χ1n) is 12.8. The van der Waals surface area contributed by atoms with Gasteiger partial charge in [0.05, 0.1) is 12.5 Å². The summed E-state index contributed by atoms with van der Waals surface area (Å²) in [4.78, 5) is 11.9. The summed E-state index contributed by atoms with van der Waals surface area (Å²) >= 11 is 6.14. The van der Waals surface area contributed by atoms with E-state index in [-0.39, 0.29) is 30.7 Å². The third-order valence-electron chi connectivity index (χ3n) is 7.81. The highest BCUT2D eigenvalue weighted by molar-refractivity contribution is 6.30. The van der Waals surface area contributed by atoms with Gasteiger partial charge in [0.1, 0.15) is 0 Å². The molecule has 2 aliphatic carbocycles. The van der Waals surface area contributed by atoms with Gasteiger partial charge in [0.15, 0.2) is 0 Å². The van der Waals surface area contributed by atoms with Gasteiger partial charge in [0.2, 0.25) is 0 Å². The second-order valence-corrected chi connectivity index (χ2v) is 10.4. The van der Waals surface area contributed by atoms with Gasteiger partial charge in [-0.1, -0.05) is 62.6 Å². The van der Waals surface area contributed by atoms with Gasteiger partial charge in [-0.25, -0.2) is 0 Å². The molecule has 7 heteroatoms. The van der Waals surface area contributed by atoms with Crippen LogP contribution in [-0.2, 0) is 11.2 Å². The summed E-state index contributed by atoms with van der Waals surface area (Å²) in [5.41, 5.74) is 4.77. The highest BCUT2D eigenvalue weighted by Crippen LogP contribution is 2.48. The Kier molecular flexibility index (Phi) is 8.03. The Bertz CT molecular complexity index is 1160. The van der Waals surface area contributed by atoms with E-state index in [0.29, 0.717) is 11.4 Å². The molecule has 0 saturated carbocycles. The number of carboxylic acid groups (broad SMARTS) is 1. The second-order valence-electron chi connectivity index (χ2n) is 9.97. The lowest BCUT2D eigenvalue weighted by Gasteiger charge is -2.35. The minimum atomic E-state index is -4.31. The van der Waals surface area contributed by atoms with Crippen LogP contribution in [-0.4, -0.2) is 21.8 Å². The molecule has 0 spiro atoms. The molecular formula is C29H33ClF3NO2. The van der Waals surface area contributed by atoms with Crippen LogP contribution in [0, 0.1) is 5.92 Å². The lowest BCUT2D eigenvalue weighted by Crippen LogP contribution is -2.27. The molecule has 0 saturated heterocycles. The van der Waals surface area contributed by atoms with Crippen molar-refractivity contribution in [3.05, 3.63) is 70.0 Å². The molecular weight excluding hydrogens is 487 g/mol. The average Bonchev–Trinajstić information content (AvgIpc) is 3.22. The monoisotopic (exact) mass is 519 g/mol. The summed E-state index contributed by atoms with van der Waals surface area (Å²) in [6, 6.07) is 7.55. The zero-order valence-electron chi connectivity index (χ0n) is 20.7. The first kappa shape index (κ1) is 26.6. The number of allylic oxidation sites excluding steroid dienone is 4. The van der Waals surface area contributed by atoms with Crippen molar-refractivity contribution in [1.29, 1.82) is 0 Å². The smallest absolute Gasteiger partial charge is 0.412 e. The first-order valence-corrected chi connectivity index (χ1v) is 13.2. The molecule has 2 aromatic rings. The van der Waals surface area contributed by atoms with E-state index in [2.05, 4.69) is 24.6 Å². The lowest BCUT2D eigenvalue weighted by molar-refractivity contribution is -0.137. The van der Waals surface area contributed by atoms with Crippen molar-refractivity contribution in [2.24, 2.45) is 5.92 Å². The van der Waals surface area contributed by atoms with Gasteiger partial charge in [-0.3, -0.25) is 4.79 Å². The SMILES string of the molecule is CCC[C@H](C1=CC=C(C(F)(F)F)CC1)n1cc(-c2ccc(Cl)cc2)c2c1C(CC(=O)O)[C@@H](CC)CC2. The van der Waals surface area contributed by atoms with Gasteiger partial charge >= 0.3 is 12.1 Å². The quantitative estimate of drug-likeness (QED) is 0.378. The molecule has 3 atom stereocenters. The summed E-state index contributed by atoms with van der Waals surface area (Å²) in [5, 5.41) is 10.4. The molecule has 1 heterocycles. The number of halogens is 4. The van der Waals surface area contributed by atoms with Gasteiger partial charge in [-0.05, 0) is 66.9 Å². The molecule has 194 valence electrons. The van der Waals surface area contributed by atoms with E-state index in [0.717, 1.165) is 60.1 Å². The highest BCUT2D eigenvalue weighted by atomic mass is 35.5. The number of carbonyl (C=O) groups is 1. The number of hydrogen-bond acceptors (Lipinski definition) is 1. The fourth-order valence-corrected chi connectivity index (χ4v) is 6.16. The topological polar surface area (TPSA) is 42.2 Å². The zero-order valence-corrected chi connectivity index (χ0v) is 21.5. The fourth-order valence-electron chi connectivity index (χ4n) is 6.03. The van der Waals surface area contributed by atoms with E-state index in [1.165, 1.54) is 6.08 Å². The Morgan fingerprint density at radius 1 is 1.14 bits per heavy atom. The summed E-state index contributed by atoms with van der Waals surface area (Å²) in [6.07, 6.45) is 5.34. The fraction of sp³-hybridized carbons (Fsp3) is 0.483. The standard InChI is InChI=1S/C29H33ClF3NO2/c1-3-5-26(20-6-11-21(12-7-20)29(31,32)33)34-17-25(19-8-13-22(30)14-9-19)23-15-10-18(4-2)24(28(23)34)16-27(35)36/h6,8-9,11,13-14,17-18,24,26H,3-5,7,10,12,15-16H2,1-2H3,(H,35,36)/t18-,24?,26+/m0/s1. The molecule has 0 amide bonds. The molecule has 3 nitrogen and oxygen atoms in total. The number of hydrogen-bond donors (Lipinski definition) is 1. The van der Waals surface area contributed by atoms with E-state index in [4.69, 9.17) is 11.6 Å². The van der Waals surface area contributed by atoms with Crippen LogP contribution in [0.5, 0.6) is 0 Å². The Morgan fingerprint density at radius 3 is 2.42 bits per heavy atom. The Hall–Kier alpha value is -2.47. The van der Waals surface area contributed by atoms with E-state index in [1.54, 1.807) is 6.08 Å². The van der Waals surface area contributed by atoms with Crippen LogP contribution in [0.2, 0.25) is 5.02 Å². The van der Waals surface area contributed by atoms with Crippen LogP contribution >= 0.6 is 11.6 Å². The molecule has 0 aliphatic heterocycles. The number of rotatable bonds is 8. The van der Waals surface area contributed by atoms with Crippen LogP contribution in [0.4, 0.5) is 13.2 Å². The molecule has 0 fully saturated rings. The number of aliphatic carboxylic acids is 1. The molecule has 36 heavy (non-hydrogen) atoms. The minimum absolute atomic E-state index is 0.0286. The number of fused-ring (bicyclic) bond motifs is 1. The summed E-state index contributed by atoms with van der Waals surface area (Å²) in [7, 11) is 0.